The number of hydrogen-bond acceptors (Lipinski definition) is 7. The molecule has 1 aromatic carbocycles. The van der Waals surface area contributed by atoms with Gasteiger partial charge in [0.25, 0.3) is 11.8 Å². The van der Waals surface area contributed by atoms with Gasteiger partial charge in [0.05, 0.1) is 29.9 Å². The summed E-state index contributed by atoms with van der Waals surface area (Å²) in [7, 11) is -0.539. The van der Waals surface area contributed by atoms with E-state index in [4.69, 9.17) is 14.1 Å². The molecule has 4 fully saturated rings. The number of aryl methyl sites for hydroxylation is 1. The molecule has 2 aliphatic heterocycles. The lowest BCUT2D eigenvalue weighted by Crippen LogP contribution is -2.65. The Kier molecular flexibility index (Phi) is 8.12. The van der Waals surface area contributed by atoms with Crippen molar-refractivity contribution in [2.24, 2.45) is 28.3 Å². The Balaban J connectivity index is 1.18. The van der Waals surface area contributed by atoms with Crippen molar-refractivity contribution in [1.82, 2.24) is 15.6 Å². The third-order valence-electron chi connectivity index (χ3n) is 10.5. The zero-order chi connectivity index (χ0) is 31.3. The summed E-state index contributed by atoms with van der Waals surface area (Å²) < 4.78 is 13.4. The molecule has 44 heavy (non-hydrogen) atoms. The van der Waals surface area contributed by atoms with Crippen LogP contribution >= 0.6 is 0 Å². The third-order valence-corrected chi connectivity index (χ3v) is 10.5. The molecule has 2 aromatic rings. The predicted octanol–water partition coefficient (Wildman–Crippen LogP) is 4.68. The fourth-order valence-corrected chi connectivity index (χ4v) is 7.92. The summed E-state index contributed by atoms with van der Waals surface area (Å²) in [5, 5.41) is 10.5. The third kappa shape index (κ3) is 5.67. The summed E-state index contributed by atoms with van der Waals surface area (Å²) in [4.78, 5) is 37.4. The van der Waals surface area contributed by atoms with Crippen molar-refractivity contribution in [3.05, 3.63) is 65.5 Å². The predicted molar refractivity (Wildman–Crippen MR) is 169 cm³/mol. The number of carbonyl (C=O) groups excluding carboxylic acids is 2. The van der Waals surface area contributed by atoms with E-state index in [1.165, 1.54) is 6.42 Å². The van der Waals surface area contributed by atoms with Gasteiger partial charge in [-0.25, -0.2) is 4.98 Å². The highest BCUT2D eigenvalue weighted by Gasteiger charge is 2.68. The lowest BCUT2D eigenvalue weighted by atomic mass is 9.43. The van der Waals surface area contributed by atoms with E-state index in [2.05, 4.69) is 55.4 Å². The topological polar surface area (TPSA) is 111 Å². The monoisotopic (exact) mass is 600 g/mol. The Hall–Kier alpha value is -3.24. The SMILES string of the molecule is Cc1cccc(C(=O)NCC2=NOC(Cc3ccccc3)(C(=O)N[C@@H](CC(C)C)B3O[C@@H]4C[C@@H]5C[C@@H](C5(C)C)[C@]4(C)O3)C2)n1. The second kappa shape index (κ2) is 11.6. The average molecular weight is 601 g/mol. The Bertz CT molecular complexity index is 1430. The van der Waals surface area contributed by atoms with Crippen LogP contribution in [0.2, 0.25) is 0 Å². The fourth-order valence-electron chi connectivity index (χ4n) is 7.92. The highest BCUT2D eigenvalue weighted by atomic mass is 16.7. The van der Waals surface area contributed by atoms with Crippen LogP contribution in [0, 0.1) is 30.1 Å². The molecule has 7 rings (SSSR count). The van der Waals surface area contributed by atoms with Gasteiger partial charge in [0.2, 0.25) is 5.60 Å². The molecule has 3 aliphatic carbocycles. The molecule has 9 nitrogen and oxygen atoms in total. The van der Waals surface area contributed by atoms with Crippen molar-refractivity contribution >= 4 is 24.6 Å². The van der Waals surface area contributed by atoms with E-state index >= 15 is 0 Å². The molecule has 6 atom stereocenters. The van der Waals surface area contributed by atoms with Crippen LogP contribution in [0.15, 0.2) is 53.7 Å². The number of pyridine rings is 1. The molecule has 0 radical (unpaired) electrons. The lowest BCUT2D eigenvalue weighted by molar-refractivity contribution is -0.199. The molecular weight excluding hydrogens is 555 g/mol. The molecule has 1 aromatic heterocycles. The molecule has 10 heteroatoms. The van der Waals surface area contributed by atoms with Gasteiger partial charge in [0.1, 0.15) is 5.69 Å². The van der Waals surface area contributed by atoms with Crippen LogP contribution in [-0.2, 0) is 25.4 Å². The first-order valence-electron chi connectivity index (χ1n) is 16.0. The average Bonchev–Trinajstić information content (AvgIpc) is 3.57. The maximum atomic E-state index is 14.3. The number of nitrogens with one attached hydrogen (secondary N) is 2. The lowest BCUT2D eigenvalue weighted by Gasteiger charge is -2.64. The zero-order valence-electron chi connectivity index (χ0n) is 26.8. The number of oxime groups is 1. The number of aromatic nitrogens is 1. The van der Waals surface area contributed by atoms with Crippen LogP contribution in [-0.4, -0.2) is 59.4 Å². The normalized spacial score (nSPS) is 30.6. The van der Waals surface area contributed by atoms with Gasteiger partial charge in [0.15, 0.2) is 0 Å². The van der Waals surface area contributed by atoms with E-state index in [0.29, 0.717) is 42.0 Å². The van der Waals surface area contributed by atoms with Crippen molar-refractivity contribution in [3.8, 4) is 0 Å². The van der Waals surface area contributed by atoms with Crippen molar-refractivity contribution in [2.75, 3.05) is 6.54 Å². The molecule has 1 unspecified atom stereocenters. The first-order chi connectivity index (χ1) is 20.9. The highest BCUT2D eigenvalue weighted by molar-refractivity contribution is 6.48. The van der Waals surface area contributed by atoms with Gasteiger partial charge in [-0.2, -0.15) is 0 Å². The molecule has 234 valence electrons. The van der Waals surface area contributed by atoms with E-state index in [1.54, 1.807) is 12.1 Å². The maximum Gasteiger partial charge on any atom is 0.481 e. The molecule has 2 N–H and O–H groups in total. The molecule has 0 spiro atoms. The number of amides is 2. The minimum absolute atomic E-state index is 0.0262. The van der Waals surface area contributed by atoms with Crippen molar-refractivity contribution in [2.45, 2.75) is 96.9 Å². The second-order valence-corrected chi connectivity index (χ2v) is 14.5. The number of carbonyl (C=O) groups is 2. The Morgan fingerprint density at radius 1 is 1.07 bits per heavy atom. The van der Waals surface area contributed by atoms with Crippen LogP contribution in [0.5, 0.6) is 0 Å². The van der Waals surface area contributed by atoms with Crippen LogP contribution in [0.1, 0.15) is 82.0 Å². The van der Waals surface area contributed by atoms with Gasteiger partial charge in [-0.3, -0.25) is 9.59 Å². The van der Waals surface area contributed by atoms with Crippen molar-refractivity contribution in [1.29, 1.82) is 0 Å². The van der Waals surface area contributed by atoms with E-state index in [1.807, 2.05) is 43.3 Å². The van der Waals surface area contributed by atoms with Gasteiger partial charge in [0, 0.05) is 18.5 Å². The van der Waals surface area contributed by atoms with E-state index in [-0.39, 0.29) is 47.8 Å². The van der Waals surface area contributed by atoms with E-state index < -0.39 is 12.7 Å². The summed E-state index contributed by atoms with van der Waals surface area (Å²) in [6.07, 6.45) is 3.46. The molecule has 3 saturated carbocycles. The maximum absolute atomic E-state index is 14.3. The first-order valence-corrected chi connectivity index (χ1v) is 16.0. The molecule has 5 aliphatic rings. The molecule has 2 amide bonds. The van der Waals surface area contributed by atoms with Crippen molar-refractivity contribution < 1.29 is 23.7 Å². The van der Waals surface area contributed by atoms with Crippen LogP contribution in [0.4, 0.5) is 0 Å². The minimum Gasteiger partial charge on any atom is -0.404 e. The van der Waals surface area contributed by atoms with Gasteiger partial charge < -0.3 is 24.8 Å². The largest absolute Gasteiger partial charge is 0.481 e. The van der Waals surface area contributed by atoms with Gasteiger partial charge in [-0.15, -0.1) is 0 Å². The van der Waals surface area contributed by atoms with Gasteiger partial charge in [-0.1, -0.05) is 69.2 Å². The number of benzene rings is 1. The summed E-state index contributed by atoms with van der Waals surface area (Å²) in [5.74, 6) is 0.476. The second-order valence-electron chi connectivity index (χ2n) is 14.5. The van der Waals surface area contributed by atoms with Gasteiger partial charge >= 0.3 is 7.12 Å². The molecule has 3 heterocycles. The quantitative estimate of drug-likeness (QED) is 0.384. The smallest absolute Gasteiger partial charge is 0.404 e. The standard InChI is InChI=1S/C34H45BN4O5/c1-21(2)15-29(35-42-28-17-24-16-27(32(24,4)5)33(28,6)43-35)38-31(41)34(18-23-12-8-7-9-13-23)19-25(39-44-34)20-36-30(40)26-14-10-11-22(3)37-26/h7-14,21,24,27-29H,15-20H2,1-6H3,(H,36,40)(H,38,41)/t24-,27-,28+,29-,33-,34?/m0/s1. The van der Waals surface area contributed by atoms with E-state index in [9.17, 15) is 9.59 Å². The summed E-state index contributed by atoms with van der Waals surface area (Å²) in [6, 6.07) is 15.1. The number of rotatable bonds is 10. The fraction of sp³-hybridized carbons (Fsp3) is 0.588. The number of nitrogens with zero attached hydrogens (tertiary/aromatic N) is 2. The van der Waals surface area contributed by atoms with Crippen LogP contribution in [0.25, 0.3) is 0 Å². The van der Waals surface area contributed by atoms with Crippen LogP contribution in [0.3, 0.4) is 0 Å². The molecular formula is C34H45BN4O5. The molecule has 2 bridgehead atoms. The summed E-state index contributed by atoms with van der Waals surface area (Å²) in [5.41, 5.74) is 1.24. The summed E-state index contributed by atoms with van der Waals surface area (Å²) >= 11 is 0. The molecule has 1 saturated heterocycles. The van der Waals surface area contributed by atoms with E-state index in [0.717, 1.165) is 17.7 Å². The number of hydrogen-bond donors (Lipinski definition) is 2. The minimum atomic E-state index is -1.27. The van der Waals surface area contributed by atoms with Crippen molar-refractivity contribution in [3.63, 3.8) is 0 Å². The Labute approximate surface area is 261 Å². The zero-order valence-corrected chi connectivity index (χ0v) is 26.8. The Morgan fingerprint density at radius 2 is 1.84 bits per heavy atom. The van der Waals surface area contributed by atoms with Crippen LogP contribution < -0.4 is 10.6 Å². The van der Waals surface area contributed by atoms with Gasteiger partial charge in [-0.05, 0) is 74.0 Å². The highest BCUT2D eigenvalue weighted by Crippen LogP contribution is 2.65. The Morgan fingerprint density at radius 3 is 2.55 bits per heavy atom. The first kappa shape index (κ1) is 30.8. The summed E-state index contributed by atoms with van der Waals surface area (Å²) in [6.45, 7) is 13.2.